The summed E-state index contributed by atoms with van der Waals surface area (Å²) in [6.07, 6.45) is 4.25. The quantitative estimate of drug-likeness (QED) is 0.868. The highest BCUT2D eigenvalue weighted by Crippen LogP contribution is 2.40. The number of nitrogens with zero attached hydrogens (tertiary/aromatic N) is 5. The molecule has 2 aromatic heterocycles. The lowest BCUT2D eigenvalue weighted by Gasteiger charge is -2.32. The van der Waals surface area contributed by atoms with Crippen molar-refractivity contribution < 1.29 is 9.32 Å². The molecular formula is C16H21N5O2. The van der Waals surface area contributed by atoms with Crippen molar-refractivity contribution in [1.29, 1.82) is 0 Å². The first-order valence-electron chi connectivity index (χ1n) is 8.27. The van der Waals surface area contributed by atoms with Crippen molar-refractivity contribution in [3.05, 3.63) is 29.2 Å². The van der Waals surface area contributed by atoms with Gasteiger partial charge in [-0.1, -0.05) is 5.16 Å². The first kappa shape index (κ1) is 14.4. The summed E-state index contributed by atoms with van der Waals surface area (Å²) in [5.74, 6) is 2.96. The largest absolute Gasteiger partial charge is 0.360 e. The number of carbonyl (C=O) groups excluding carboxylic acids is 1. The van der Waals surface area contributed by atoms with Gasteiger partial charge in [-0.2, -0.15) is 5.10 Å². The SMILES string of the molecule is Cc1nc(C)n([C@@H]2CCCN(C(=O)c3cc(C4CC4)on3)C2)n1. The van der Waals surface area contributed by atoms with Crippen LogP contribution in [0, 0.1) is 13.8 Å². The third-order valence-corrected chi connectivity index (χ3v) is 4.66. The van der Waals surface area contributed by atoms with Gasteiger partial charge in [-0.05, 0) is 39.5 Å². The van der Waals surface area contributed by atoms with E-state index in [1.54, 1.807) is 0 Å². The van der Waals surface area contributed by atoms with Gasteiger partial charge in [0.25, 0.3) is 5.91 Å². The van der Waals surface area contributed by atoms with E-state index in [0.717, 1.165) is 49.6 Å². The van der Waals surface area contributed by atoms with Crippen LogP contribution in [-0.4, -0.2) is 43.8 Å². The Morgan fingerprint density at radius 1 is 1.30 bits per heavy atom. The number of hydrogen-bond donors (Lipinski definition) is 0. The molecule has 0 aromatic carbocycles. The molecule has 1 atom stereocenters. The zero-order chi connectivity index (χ0) is 16.0. The molecule has 1 saturated carbocycles. The maximum absolute atomic E-state index is 12.7. The van der Waals surface area contributed by atoms with Gasteiger partial charge in [0.2, 0.25) is 0 Å². The average molecular weight is 315 g/mol. The molecule has 0 unspecified atom stereocenters. The summed E-state index contributed by atoms with van der Waals surface area (Å²) in [7, 11) is 0. The highest BCUT2D eigenvalue weighted by atomic mass is 16.5. The van der Waals surface area contributed by atoms with Crippen molar-refractivity contribution in [3.63, 3.8) is 0 Å². The van der Waals surface area contributed by atoms with Gasteiger partial charge >= 0.3 is 0 Å². The molecule has 7 heteroatoms. The maximum Gasteiger partial charge on any atom is 0.276 e. The molecule has 1 amide bonds. The van der Waals surface area contributed by atoms with Crippen LogP contribution in [0.2, 0.25) is 0 Å². The minimum atomic E-state index is -0.0418. The average Bonchev–Trinajstić information content (AvgIpc) is 3.18. The summed E-state index contributed by atoms with van der Waals surface area (Å²) in [4.78, 5) is 18.9. The highest BCUT2D eigenvalue weighted by Gasteiger charge is 2.32. The van der Waals surface area contributed by atoms with E-state index in [4.69, 9.17) is 4.52 Å². The van der Waals surface area contributed by atoms with Crippen molar-refractivity contribution in [3.8, 4) is 0 Å². The van der Waals surface area contributed by atoms with E-state index in [9.17, 15) is 4.79 Å². The predicted octanol–water partition coefficient (Wildman–Crippen LogP) is 2.24. The Morgan fingerprint density at radius 2 is 2.13 bits per heavy atom. The van der Waals surface area contributed by atoms with Gasteiger partial charge in [0.05, 0.1) is 6.04 Å². The second-order valence-electron chi connectivity index (χ2n) is 6.59. The third-order valence-electron chi connectivity index (χ3n) is 4.66. The summed E-state index contributed by atoms with van der Waals surface area (Å²) in [6, 6.07) is 2.00. The van der Waals surface area contributed by atoms with E-state index >= 15 is 0 Å². The Balaban J connectivity index is 1.49. The molecule has 2 aromatic rings. The molecular weight excluding hydrogens is 294 g/mol. The second kappa shape index (κ2) is 5.47. The van der Waals surface area contributed by atoms with Crippen LogP contribution < -0.4 is 0 Å². The number of amides is 1. The minimum absolute atomic E-state index is 0.0418. The number of aryl methyl sites for hydroxylation is 2. The molecule has 122 valence electrons. The van der Waals surface area contributed by atoms with Crippen LogP contribution in [0.5, 0.6) is 0 Å². The van der Waals surface area contributed by atoms with Crippen molar-refractivity contribution in [1.82, 2.24) is 24.8 Å². The Bertz CT molecular complexity index is 731. The van der Waals surface area contributed by atoms with Gasteiger partial charge in [0.15, 0.2) is 5.69 Å². The molecule has 1 aliphatic carbocycles. The normalized spacial score (nSPS) is 21.7. The Hall–Kier alpha value is -2.18. The molecule has 2 aliphatic rings. The summed E-state index contributed by atoms with van der Waals surface area (Å²) in [5, 5.41) is 8.44. The van der Waals surface area contributed by atoms with E-state index in [-0.39, 0.29) is 11.9 Å². The minimum Gasteiger partial charge on any atom is -0.360 e. The molecule has 3 heterocycles. The van der Waals surface area contributed by atoms with Crippen LogP contribution >= 0.6 is 0 Å². The zero-order valence-corrected chi connectivity index (χ0v) is 13.5. The first-order chi connectivity index (χ1) is 11.1. The number of likely N-dealkylation sites (tertiary alicyclic amines) is 1. The molecule has 0 spiro atoms. The van der Waals surface area contributed by atoms with Crippen molar-refractivity contribution >= 4 is 5.91 Å². The topological polar surface area (TPSA) is 77.0 Å². The van der Waals surface area contributed by atoms with E-state index < -0.39 is 0 Å². The van der Waals surface area contributed by atoms with E-state index in [2.05, 4.69) is 15.2 Å². The first-order valence-corrected chi connectivity index (χ1v) is 8.27. The number of carbonyl (C=O) groups is 1. The molecule has 23 heavy (non-hydrogen) atoms. The van der Waals surface area contributed by atoms with Gasteiger partial charge in [-0.3, -0.25) is 4.79 Å². The maximum atomic E-state index is 12.7. The van der Waals surface area contributed by atoms with Gasteiger partial charge in [0, 0.05) is 25.1 Å². The smallest absolute Gasteiger partial charge is 0.276 e. The van der Waals surface area contributed by atoms with Gasteiger partial charge < -0.3 is 9.42 Å². The van der Waals surface area contributed by atoms with Crippen LogP contribution in [-0.2, 0) is 0 Å². The molecule has 1 saturated heterocycles. The molecule has 1 aliphatic heterocycles. The Morgan fingerprint density at radius 3 is 2.83 bits per heavy atom. The van der Waals surface area contributed by atoms with E-state index in [1.165, 1.54) is 0 Å². The molecule has 7 nitrogen and oxygen atoms in total. The zero-order valence-electron chi connectivity index (χ0n) is 13.5. The highest BCUT2D eigenvalue weighted by molar-refractivity contribution is 5.92. The third kappa shape index (κ3) is 2.75. The molecule has 0 radical (unpaired) electrons. The lowest BCUT2D eigenvalue weighted by Crippen LogP contribution is -2.41. The molecule has 0 bridgehead atoms. The van der Waals surface area contributed by atoms with Gasteiger partial charge in [-0.15, -0.1) is 0 Å². The number of rotatable bonds is 3. The van der Waals surface area contributed by atoms with Crippen molar-refractivity contribution in [2.45, 2.75) is 51.5 Å². The monoisotopic (exact) mass is 315 g/mol. The fourth-order valence-electron chi connectivity index (χ4n) is 3.33. The van der Waals surface area contributed by atoms with Crippen molar-refractivity contribution in [2.75, 3.05) is 13.1 Å². The van der Waals surface area contributed by atoms with Crippen LogP contribution in [0.15, 0.2) is 10.6 Å². The van der Waals surface area contributed by atoms with Crippen molar-refractivity contribution in [2.24, 2.45) is 0 Å². The van der Waals surface area contributed by atoms with Gasteiger partial charge in [-0.25, -0.2) is 9.67 Å². The summed E-state index contributed by atoms with van der Waals surface area (Å²) >= 11 is 0. The Kier molecular flexibility index (Phi) is 3.43. The van der Waals surface area contributed by atoms with Crippen LogP contribution in [0.1, 0.15) is 65.5 Å². The summed E-state index contributed by atoms with van der Waals surface area (Å²) in [5.41, 5.74) is 0.430. The molecule has 0 N–H and O–H groups in total. The summed E-state index contributed by atoms with van der Waals surface area (Å²) < 4.78 is 7.26. The lowest BCUT2D eigenvalue weighted by atomic mass is 10.1. The molecule has 2 fully saturated rings. The second-order valence-corrected chi connectivity index (χ2v) is 6.59. The van der Waals surface area contributed by atoms with E-state index in [0.29, 0.717) is 18.2 Å². The fraction of sp³-hybridized carbons (Fsp3) is 0.625. The van der Waals surface area contributed by atoms with E-state index in [1.807, 2.05) is 29.5 Å². The number of hydrogen-bond acceptors (Lipinski definition) is 5. The number of aromatic nitrogens is 4. The summed E-state index contributed by atoms with van der Waals surface area (Å²) in [6.45, 7) is 5.26. The van der Waals surface area contributed by atoms with Crippen LogP contribution in [0.25, 0.3) is 0 Å². The van der Waals surface area contributed by atoms with Crippen LogP contribution in [0.4, 0.5) is 0 Å². The number of piperidine rings is 1. The molecule has 4 rings (SSSR count). The van der Waals surface area contributed by atoms with Gasteiger partial charge in [0.1, 0.15) is 17.4 Å². The lowest BCUT2D eigenvalue weighted by molar-refractivity contribution is 0.0660. The predicted molar refractivity (Wildman–Crippen MR) is 82.1 cm³/mol. The fourth-order valence-corrected chi connectivity index (χ4v) is 3.33. The standard InChI is InChI=1S/C16H21N5O2/c1-10-17-11(2)21(18-10)13-4-3-7-20(9-13)16(22)14-8-15(23-19-14)12-5-6-12/h8,12-13H,3-7,9H2,1-2H3/t13-/m1/s1. The van der Waals surface area contributed by atoms with Crippen LogP contribution in [0.3, 0.4) is 0 Å². The Labute approximate surface area is 134 Å².